The summed E-state index contributed by atoms with van der Waals surface area (Å²) in [5, 5.41) is 7.44. The van der Waals surface area contributed by atoms with Crippen molar-refractivity contribution in [2.24, 2.45) is 0 Å². The maximum atomic E-state index is 12.4. The number of aromatic nitrogens is 5. The van der Waals surface area contributed by atoms with Gasteiger partial charge in [0.25, 0.3) is 5.56 Å². The van der Waals surface area contributed by atoms with Crippen LogP contribution in [0.25, 0.3) is 16.6 Å². The molecule has 0 atom stereocenters. The SMILES string of the molecule is O=C(CCn1cnc2ccccc2c1=O)Nc1ccnc2ccnn12. The molecule has 1 amide bonds. The van der Waals surface area contributed by atoms with Gasteiger partial charge in [-0.3, -0.25) is 14.2 Å². The van der Waals surface area contributed by atoms with E-state index in [2.05, 4.69) is 20.4 Å². The standard InChI is InChI=1S/C17H14N6O2/c24-16(21-15-5-8-18-14-6-9-20-23(14)15)7-10-22-11-19-13-4-2-1-3-12(13)17(22)25/h1-6,8-9,11H,7,10H2,(H,21,24). The highest BCUT2D eigenvalue weighted by molar-refractivity contribution is 5.90. The molecule has 25 heavy (non-hydrogen) atoms. The number of hydrogen-bond acceptors (Lipinski definition) is 5. The first kappa shape index (κ1) is 15.0. The number of nitrogens with one attached hydrogen (secondary N) is 1. The zero-order valence-corrected chi connectivity index (χ0v) is 13.2. The molecule has 0 saturated carbocycles. The first-order chi connectivity index (χ1) is 12.2. The first-order valence-electron chi connectivity index (χ1n) is 7.75. The lowest BCUT2D eigenvalue weighted by molar-refractivity contribution is -0.116. The number of carbonyl (C=O) groups excluding carboxylic acids is 1. The van der Waals surface area contributed by atoms with E-state index in [1.165, 1.54) is 10.9 Å². The summed E-state index contributed by atoms with van der Waals surface area (Å²) >= 11 is 0. The zero-order chi connectivity index (χ0) is 17.2. The van der Waals surface area contributed by atoms with Crippen molar-refractivity contribution in [1.82, 2.24) is 24.1 Å². The zero-order valence-electron chi connectivity index (χ0n) is 13.2. The summed E-state index contributed by atoms with van der Waals surface area (Å²) < 4.78 is 2.99. The lowest BCUT2D eigenvalue weighted by Crippen LogP contribution is -2.24. The monoisotopic (exact) mass is 334 g/mol. The Morgan fingerprint density at radius 1 is 1.08 bits per heavy atom. The fraction of sp³-hybridized carbons (Fsp3) is 0.118. The molecule has 0 aliphatic rings. The van der Waals surface area contributed by atoms with Gasteiger partial charge in [0.1, 0.15) is 5.82 Å². The van der Waals surface area contributed by atoms with E-state index < -0.39 is 0 Å². The van der Waals surface area contributed by atoms with Crippen molar-refractivity contribution in [1.29, 1.82) is 0 Å². The summed E-state index contributed by atoms with van der Waals surface area (Å²) in [6.07, 6.45) is 4.82. The van der Waals surface area contributed by atoms with Gasteiger partial charge in [0, 0.05) is 25.2 Å². The van der Waals surface area contributed by atoms with Gasteiger partial charge in [-0.15, -0.1) is 0 Å². The van der Waals surface area contributed by atoms with Gasteiger partial charge >= 0.3 is 0 Å². The fourth-order valence-electron chi connectivity index (χ4n) is 2.62. The highest BCUT2D eigenvalue weighted by atomic mass is 16.2. The number of rotatable bonds is 4. The largest absolute Gasteiger partial charge is 0.310 e. The molecule has 8 nitrogen and oxygen atoms in total. The number of amides is 1. The number of para-hydroxylation sites is 1. The highest BCUT2D eigenvalue weighted by Gasteiger charge is 2.09. The van der Waals surface area contributed by atoms with Crippen LogP contribution < -0.4 is 10.9 Å². The van der Waals surface area contributed by atoms with Crippen molar-refractivity contribution in [2.45, 2.75) is 13.0 Å². The summed E-state index contributed by atoms with van der Waals surface area (Å²) in [7, 11) is 0. The lowest BCUT2D eigenvalue weighted by atomic mass is 10.2. The number of aryl methyl sites for hydroxylation is 1. The smallest absolute Gasteiger partial charge is 0.261 e. The van der Waals surface area contributed by atoms with Crippen molar-refractivity contribution in [2.75, 3.05) is 5.32 Å². The molecular weight excluding hydrogens is 320 g/mol. The lowest BCUT2D eigenvalue weighted by Gasteiger charge is -2.08. The molecule has 4 rings (SSSR count). The van der Waals surface area contributed by atoms with E-state index in [-0.39, 0.29) is 24.4 Å². The summed E-state index contributed by atoms with van der Waals surface area (Å²) in [4.78, 5) is 33.0. The van der Waals surface area contributed by atoms with Gasteiger partial charge in [-0.1, -0.05) is 12.1 Å². The topological polar surface area (TPSA) is 94.2 Å². The van der Waals surface area contributed by atoms with E-state index in [4.69, 9.17) is 0 Å². The van der Waals surface area contributed by atoms with Crippen LogP contribution in [-0.2, 0) is 11.3 Å². The van der Waals surface area contributed by atoms with Gasteiger partial charge < -0.3 is 5.32 Å². The van der Waals surface area contributed by atoms with Crippen molar-refractivity contribution < 1.29 is 4.79 Å². The van der Waals surface area contributed by atoms with Crippen molar-refractivity contribution in [3.8, 4) is 0 Å². The Bertz CT molecular complexity index is 1130. The van der Waals surface area contributed by atoms with Crippen LogP contribution >= 0.6 is 0 Å². The van der Waals surface area contributed by atoms with E-state index in [9.17, 15) is 9.59 Å². The second-order valence-corrected chi connectivity index (χ2v) is 5.49. The molecule has 0 bridgehead atoms. The Balaban J connectivity index is 1.50. The van der Waals surface area contributed by atoms with Crippen LogP contribution in [0.1, 0.15) is 6.42 Å². The second kappa shape index (κ2) is 6.16. The van der Waals surface area contributed by atoms with Crippen LogP contribution in [0.5, 0.6) is 0 Å². The Morgan fingerprint density at radius 2 is 1.96 bits per heavy atom. The third kappa shape index (κ3) is 2.85. The summed E-state index contributed by atoms with van der Waals surface area (Å²) in [6.45, 7) is 0.246. The Labute approximate surface area is 141 Å². The maximum absolute atomic E-state index is 12.4. The van der Waals surface area contributed by atoms with Gasteiger partial charge in [-0.2, -0.15) is 9.61 Å². The minimum absolute atomic E-state index is 0.144. The van der Waals surface area contributed by atoms with Crippen molar-refractivity contribution >= 4 is 28.3 Å². The maximum Gasteiger partial charge on any atom is 0.261 e. The number of fused-ring (bicyclic) bond motifs is 2. The Hall–Kier alpha value is -3.55. The Morgan fingerprint density at radius 3 is 2.88 bits per heavy atom. The third-order valence-electron chi connectivity index (χ3n) is 3.87. The molecule has 0 unspecified atom stereocenters. The van der Waals surface area contributed by atoms with Gasteiger partial charge in [0.2, 0.25) is 5.91 Å². The second-order valence-electron chi connectivity index (χ2n) is 5.49. The molecule has 3 heterocycles. The number of benzene rings is 1. The summed E-state index contributed by atoms with van der Waals surface area (Å²) in [5.41, 5.74) is 1.13. The molecule has 0 radical (unpaired) electrons. The predicted octanol–water partition coefficient (Wildman–Crippen LogP) is 1.47. The van der Waals surface area contributed by atoms with E-state index in [0.717, 1.165) is 0 Å². The van der Waals surface area contributed by atoms with Crippen molar-refractivity contribution in [3.05, 3.63) is 65.5 Å². The molecule has 1 aromatic carbocycles. The van der Waals surface area contributed by atoms with E-state index in [1.807, 2.05) is 6.07 Å². The number of carbonyl (C=O) groups is 1. The molecule has 124 valence electrons. The molecule has 0 saturated heterocycles. The first-order valence-corrected chi connectivity index (χ1v) is 7.75. The van der Waals surface area contributed by atoms with Crippen LogP contribution in [0.4, 0.5) is 5.82 Å². The van der Waals surface area contributed by atoms with Gasteiger partial charge in [0.15, 0.2) is 5.65 Å². The third-order valence-corrected chi connectivity index (χ3v) is 3.87. The van der Waals surface area contributed by atoms with Crippen LogP contribution in [0.15, 0.2) is 59.9 Å². The highest BCUT2D eigenvalue weighted by Crippen LogP contribution is 2.09. The molecule has 8 heteroatoms. The molecule has 0 fully saturated rings. The minimum atomic E-state index is -0.219. The van der Waals surface area contributed by atoms with Crippen molar-refractivity contribution in [3.63, 3.8) is 0 Å². The van der Waals surface area contributed by atoms with Crippen LogP contribution in [0, 0.1) is 0 Å². The molecule has 4 aromatic rings. The predicted molar refractivity (Wildman–Crippen MR) is 92.2 cm³/mol. The number of anilines is 1. The summed E-state index contributed by atoms with van der Waals surface area (Å²) in [6, 6.07) is 10.6. The molecule has 3 aromatic heterocycles. The molecule has 0 aliphatic carbocycles. The number of hydrogen-bond donors (Lipinski definition) is 1. The molecule has 1 N–H and O–H groups in total. The van der Waals surface area contributed by atoms with Gasteiger partial charge in [-0.25, -0.2) is 9.97 Å². The molecule has 0 aliphatic heterocycles. The average Bonchev–Trinajstić information content (AvgIpc) is 3.11. The fourth-order valence-corrected chi connectivity index (χ4v) is 2.62. The van der Waals surface area contributed by atoms with E-state index in [1.54, 1.807) is 47.2 Å². The van der Waals surface area contributed by atoms with Crippen LogP contribution in [0.2, 0.25) is 0 Å². The van der Waals surface area contributed by atoms with Gasteiger partial charge in [-0.05, 0) is 18.2 Å². The Kier molecular flexibility index (Phi) is 3.70. The minimum Gasteiger partial charge on any atom is -0.310 e. The normalized spacial score (nSPS) is 11.0. The van der Waals surface area contributed by atoms with E-state index in [0.29, 0.717) is 22.4 Å². The van der Waals surface area contributed by atoms with Gasteiger partial charge in [0.05, 0.1) is 23.4 Å². The molecular formula is C17H14N6O2. The van der Waals surface area contributed by atoms with Crippen LogP contribution in [-0.4, -0.2) is 30.1 Å². The molecule has 0 spiro atoms. The number of nitrogens with zero attached hydrogens (tertiary/aromatic N) is 5. The average molecular weight is 334 g/mol. The quantitative estimate of drug-likeness (QED) is 0.610. The summed E-state index contributed by atoms with van der Waals surface area (Å²) in [5.74, 6) is 0.312. The van der Waals surface area contributed by atoms with E-state index >= 15 is 0 Å². The van der Waals surface area contributed by atoms with Crippen LogP contribution in [0.3, 0.4) is 0 Å².